The molecular weight excluding hydrogens is 199 g/mol. The number of halogens is 1. The van der Waals surface area contributed by atoms with Gasteiger partial charge in [-0.2, -0.15) is 0 Å². The van der Waals surface area contributed by atoms with E-state index < -0.39 is 11.8 Å². The highest BCUT2D eigenvalue weighted by molar-refractivity contribution is 6.15. The molecule has 0 aliphatic carbocycles. The normalized spacial score (nSPS) is 11.2. The van der Waals surface area contributed by atoms with Crippen molar-refractivity contribution in [3.05, 3.63) is 36.0 Å². The van der Waals surface area contributed by atoms with Crippen LogP contribution in [0.25, 0.3) is 5.57 Å². The summed E-state index contributed by atoms with van der Waals surface area (Å²) in [6.07, 6.45) is 2.11. The second-order valence-corrected chi connectivity index (χ2v) is 2.66. The van der Waals surface area contributed by atoms with Gasteiger partial charge in [-0.3, -0.25) is 4.98 Å². The van der Waals surface area contributed by atoms with Gasteiger partial charge in [0.15, 0.2) is 0 Å². The molecule has 4 nitrogen and oxygen atoms in total. The quantitative estimate of drug-likeness (QED) is 0.599. The SMILES string of the molecule is CCOC(=O)C(=CN)c1ccc(F)cn1. The molecule has 0 aliphatic heterocycles. The number of esters is 1. The molecule has 0 amide bonds. The van der Waals surface area contributed by atoms with Crippen molar-refractivity contribution >= 4 is 11.5 Å². The molecule has 1 aromatic heterocycles. The minimum atomic E-state index is -0.570. The third kappa shape index (κ3) is 2.77. The van der Waals surface area contributed by atoms with Crippen molar-refractivity contribution in [2.45, 2.75) is 6.92 Å². The van der Waals surface area contributed by atoms with Gasteiger partial charge in [-0.1, -0.05) is 0 Å². The topological polar surface area (TPSA) is 65.2 Å². The highest BCUT2D eigenvalue weighted by Gasteiger charge is 2.13. The molecule has 1 aromatic rings. The van der Waals surface area contributed by atoms with Crippen molar-refractivity contribution in [1.82, 2.24) is 4.98 Å². The first-order chi connectivity index (χ1) is 7.19. The third-order valence-electron chi connectivity index (χ3n) is 1.67. The van der Waals surface area contributed by atoms with E-state index >= 15 is 0 Å². The molecule has 80 valence electrons. The zero-order valence-electron chi connectivity index (χ0n) is 8.24. The van der Waals surface area contributed by atoms with Crippen LogP contribution >= 0.6 is 0 Å². The molecule has 0 radical (unpaired) electrons. The van der Waals surface area contributed by atoms with Crippen molar-refractivity contribution in [2.75, 3.05) is 6.61 Å². The zero-order valence-corrected chi connectivity index (χ0v) is 8.24. The number of hydrogen-bond acceptors (Lipinski definition) is 4. The van der Waals surface area contributed by atoms with Crippen molar-refractivity contribution in [2.24, 2.45) is 5.73 Å². The zero-order chi connectivity index (χ0) is 11.3. The number of ether oxygens (including phenoxy) is 1. The number of nitrogens with two attached hydrogens (primary N) is 1. The molecule has 1 heterocycles. The fourth-order valence-corrected chi connectivity index (χ4v) is 1.00. The van der Waals surface area contributed by atoms with Crippen LogP contribution in [0.5, 0.6) is 0 Å². The molecule has 0 aliphatic rings. The van der Waals surface area contributed by atoms with Gasteiger partial charge in [0.25, 0.3) is 0 Å². The maximum Gasteiger partial charge on any atom is 0.341 e. The van der Waals surface area contributed by atoms with Gasteiger partial charge in [0.05, 0.1) is 18.5 Å². The Morgan fingerprint density at radius 1 is 1.67 bits per heavy atom. The first-order valence-electron chi connectivity index (χ1n) is 4.40. The molecule has 0 atom stereocenters. The van der Waals surface area contributed by atoms with Gasteiger partial charge in [-0.25, -0.2) is 9.18 Å². The fraction of sp³-hybridized carbons (Fsp3) is 0.200. The molecule has 1 rings (SSSR count). The second kappa shape index (κ2) is 5.09. The number of pyridine rings is 1. The van der Waals surface area contributed by atoms with E-state index in [-0.39, 0.29) is 17.9 Å². The van der Waals surface area contributed by atoms with Crippen LogP contribution in [-0.4, -0.2) is 17.6 Å². The fourth-order valence-electron chi connectivity index (χ4n) is 1.00. The van der Waals surface area contributed by atoms with Crippen LogP contribution in [0.1, 0.15) is 12.6 Å². The van der Waals surface area contributed by atoms with Crippen LogP contribution in [-0.2, 0) is 9.53 Å². The Labute approximate surface area is 86.6 Å². The van der Waals surface area contributed by atoms with Crippen molar-refractivity contribution in [3.8, 4) is 0 Å². The highest BCUT2D eigenvalue weighted by atomic mass is 19.1. The Balaban J connectivity index is 2.94. The first kappa shape index (κ1) is 11.2. The monoisotopic (exact) mass is 210 g/mol. The molecular formula is C10H11FN2O2. The molecule has 0 unspecified atom stereocenters. The molecule has 0 saturated carbocycles. The number of carbonyl (C=O) groups excluding carboxylic acids is 1. The number of carbonyl (C=O) groups is 1. The lowest BCUT2D eigenvalue weighted by Gasteiger charge is -2.04. The summed E-state index contributed by atoms with van der Waals surface area (Å²) in [5.74, 6) is -1.04. The summed E-state index contributed by atoms with van der Waals surface area (Å²) in [5, 5.41) is 0. The van der Waals surface area contributed by atoms with Gasteiger partial charge < -0.3 is 10.5 Å². The smallest absolute Gasteiger partial charge is 0.341 e. The Hall–Kier alpha value is -1.91. The summed E-state index contributed by atoms with van der Waals surface area (Å²) < 4.78 is 17.3. The van der Waals surface area contributed by atoms with Gasteiger partial charge in [0.2, 0.25) is 0 Å². The summed E-state index contributed by atoms with van der Waals surface area (Å²) in [4.78, 5) is 15.1. The summed E-state index contributed by atoms with van der Waals surface area (Å²) in [6, 6.07) is 2.57. The first-order valence-corrected chi connectivity index (χ1v) is 4.40. The van der Waals surface area contributed by atoms with Gasteiger partial charge in [-0.05, 0) is 19.1 Å². The van der Waals surface area contributed by atoms with Crippen LogP contribution in [0.15, 0.2) is 24.5 Å². The van der Waals surface area contributed by atoms with Crippen LogP contribution < -0.4 is 5.73 Å². The predicted octanol–water partition coefficient (Wildman–Crippen LogP) is 1.08. The number of hydrogen-bond donors (Lipinski definition) is 1. The maximum absolute atomic E-state index is 12.6. The molecule has 0 bridgehead atoms. The average Bonchev–Trinajstić information content (AvgIpc) is 2.22. The van der Waals surface area contributed by atoms with Gasteiger partial charge in [-0.15, -0.1) is 0 Å². The van der Waals surface area contributed by atoms with Gasteiger partial charge >= 0.3 is 5.97 Å². The summed E-state index contributed by atoms with van der Waals surface area (Å²) in [6.45, 7) is 1.93. The Bertz CT molecular complexity index is 374. The van der Waals surface area contributed by atoms with Crippen LogP contribution in [0.4, 0.5) is 4.39 Å². The highest BCUT2D eigenvalue weighted by Crippen LogP contribution is 2.12. The van der Waals surface area contributed by atoms with E-state index in [9.17, 15) is 9.18 Å². The van der Waals surface area contributed by atoms with E-state index in [1.54, 1.807) is 6.92 Å². The second-order valence-electron chi connectivity index (χ2n) is 2.66. The van der Waals surface area contributed by atoms with Crippen molar-refractivity contribution < 1.29 is 13.9 Å². The minimum Gasteiger partial charge on any atom is -0.462 e. The summed E-state index contributed by atoms with van der Waals surface area (Å²) in [7, 11) is 0. The molecule has 2 N–H and O–H groups in total. The molecule has 0 aromatic carbocycles. The van der Waals surface area contributed by atoms with Crippen LogP contribution in [0, 0.1) is 5.82 Å². The van der Waals surface area contributed by atoms with E-state index in [1.807, 2.05) is 0 Å². The van der Waals surface area contributed by atoms with Gasteiger partial charge in [0.1, 0.15) is 11.4 Å². The Morgan fingerprint density at radius 3 is 2.87 bits per heavy atom. The number of rotatable bonds is 3. The Morgan fingerprint density at radius 2 is 2.40 bits per heavy atom. The lowest BCUT2D eigenvalue weighted by Crippen LogP contribution is -2.09. The third-order valence-corrected chi connectivity index (χ3v) is 1.67. The molecule has 0 saturated heterocycles. The lowest BCUT2D eigenvalue weighted by molar-refractivity contribution is -0.136. The van der Waals surface area contributed by atoms with Crippen molar-refractivity contribution in [3.63, 3.8) is 0 Å². The molecule has 5 heteroatoms. The van der Waals surface area contributed by atoms with E-state index in [2.05, 4.69) is 4.98 Å². The van der Waals surface area contributed by atoms with Gasteiger partial charge in [0, 0.05) is 6.20 Å². The Kier molecular flexibility index (Phi) is 3.79. The minimum absolute atomic E-state index is 0.122. The number of aromatic nitrogens is 1. The van der Waals surface area contributed by atoms with E-state index in [4.69, 9.17) is 10.5 Å². The lowest BCUT2D eigenvalue weighted by atomic mass is 10.2. The van der Waals surface area contributed by atoms with Crippen LogP contribution in [0.3, 0.4) is 0 Å². The number of nitrogens with zero attached hydrogens (tertiary/aromatic N) is 1. The van der Waals surface area contributed by atoms with E-state index in [0.717, 1.165) is 12.4 Å². The summed E-state index contributed by atoms with van der Waals surface area (Å²) in [5.41, 5.74) is 5.69. The van der Waals surface area contributed by atoms with E-state index in [0.29, 0.717) is 0 Å². The maximum atomic E-state index is 12.6. The van der Waals surface area contributed by atoms with Crippen molar-refractivity contribution in [1.29, 1.82) is 0 Å². The summed E-state index contributed by atoms with van der Waals surface area (Å²) >= 11 is 0. The average molecular weight is 210 g/mol. The molecule has 0 spiro atoms. The van der Waals surface area contributed by atoms with E-state index in [1.165, 1.54) is 12.1 Å². The predicted molar refractivity (Wildman–Crippen MR) is 53.0 cm³/mol. The van der Waals surface area contributed by atoms with Crippen LogP contribution in [0.2, 0.25) is 0 Å². The molecule has 15 heavy (non-hydrogen) atoms. The standard InChI is InChI=1S/C10H11FN2O2/c1-2-15-10(14)8(5-12)9-4-3-7(11)6-13-9/h3-6H,2,12H2,1H3. The largest absolute Gasteiger partial charge is 0.462 e. The molecule has 0 fully saturated rings.